The zero-order valence-corrected chi connectivity index (χ0v) is 13.7. The number of amides is 4. The lowest BCUT2D eigenvalue weighted by Crippen LogP contribution is -2.47. The highest BCUT2D eigenvalue weighted by atomic mass is 16.2. The van der Waals surface area contributed by atoms with Gasteiger partial charge in [-0.25, -0.2) is 0 Å². The minimum atomic E-state index is -0.929. The lowest BCUT2D eigenvalue weighted by atomic mass is 9.96. The van der Waals surface area contributed by atoms with Crippen molar-refractivity contribution in [1.82, 2.24) is 10.2 Å². The quantitative estimate of drug-likeness (QED) is 0.706. The third kappa shape index (κ3) is 3.62. The number of piperidine rings is 1. The molecule has 1 atom stereocenters. The van der Waals surface area contributed by atoms with Crippen molar-refractivity contribution in [3.63, 3.8) is 0 Å². The van der Waals surface area contributed by atoms with Crippen LogP contribution in [0.2, 0.25) is 0 Å². The molecule has 0 aliphatic carbocycles. The molecule has 3 rings (SSSR count). The van der Waals surface area contributed by atoms with Crippen LogP contribution in [0.25, 0.3) is 0 Å². The number of carbonyl (C=O) groups is 4. The molecule has 4 N–H and O–H groups in total. The second-order valence-electron chi connectivity index (χ2n) is 6.32. The molecular formula is C17H20N4O4. The van der Waals surface area contributed by atoms with Gasteiger partial charge in [0.05, 0.1) is 17.7 Å². The van der Waals surface area contributed by atoms with Gasteiger partial charge >= 0.3 is 0 Å². The Hall–Kier alpha value is -2.90. The average Bonchev–Trinajstić information content (AvgIpc) is 2.72. The largest absolute Gasteiger partial charge is 0.369 e. The van der Waals surface area contributed by atoms with Crippen LogP contribution >= 0.6 is 0 Å². The van der Waals surface area contributed by atoms with Crippen molar-refractivity contribution >= 4 is 29.3 Å². The van der Waals surface area contributed by atoms with Crippen molar-refractivity contribution in [2.24, 2.45) is 11.7 Å². The molecule has 0 saturated carbocycles. The Bertz CT molecular complexity index is 725. The van der Waals surface area contributed by atoms with E-state index in [4.69, 9.17) is 5.73 Å². The molecule has 4 amide bonds. The first-order valence-electron chi connectivity index (χ1n) is 8.23. The highest BCUT2D eigenvalue weighted by molar-refractivity contribution is 6.10. The minimum Gasteiger partial charge on any atom is -0.369 e. The monoisotopic (exact) mass is 344 g/mol. The number of rotatable bonds is 3. The molecule has 2 heterocycles. The van der Waals surface area contributed by atoms with Crippen LogP contribution < -0.4 is 16.4 Å². The second-order valence-corrected chi connectivity index (χ2v) is 6.32. The smallest absolute Gasteiger partial charge is 0.254 e. The van der Waals surface area contributed by atoms with Gasteiger partial charge in [-0.1, -0.05) is 12.1 Å². The Morgan fingerprint density at radius 1 is 1.16 bits per heavy atom. The van der Waals surface area contributed by atoms with E-state index in [1.165, 1.54) is 0 Å². The summed E-state index contributed by atoms with van der Waals surface area (Å²) >= 11 is 0. The van der Waals surface area contributed by atoms with Crippen LogP contribution in [0.3, 0.4) is 0 Å². The summed E-state index contributed by atoms with van der Waals surface area (Å²) in [6.07, 6.45) is 0.929. The number of primary amides is 1. The van der Waals surface area contributed by atoms with Crippen molar-refractivity contribution in [2.45, 2.75) is 25.3 Å². The Morgan fingerprint density at radius 3 is 2.52 bits per heavy atom. The maximum atomic E-state index is 12.5. The van der Waals surface area contributed by atoms with E-state index < -0.39 is 11.9 Å². The van der Waals surface area contributed by atoms with E-state index in [0.717, 1.165) is 0 Å². The predicted molar refractivity (Wildman–Crippen MR) is 89.4 cm³/mol. The van der Waals surface area contributed by atoms with Crippen LogP contribution in [0.15, 0.2) is 24.3 Å². The van der Waals surface area contributed by atoms with E-state index >= 15 is 0 Å². The van der Waals surface area contributed by atoms with Crippen molar-refractivity contribution < 1.29 is 19.2 Å². The van der Waals surface area contributed by atoms with Gasteiger partial charge in [0, 0.05) is 19.0 Å². The summed E-state index contributed by atoms with van der Waals surface area (Å²) < 4.78 is 0. The minimum absolute atomic E-state index is 0.118. The van der Waals surface area contributed by atoms with Crippen LogP contribution in [0.5, 0.6) is 0 Å². The van der Waals surface area contributed by atoms with E-state index in [-0.39, 0.29) is 30.1 Å². The van der Waals surface area contributed by atoms with Gasteiger partial charge in [0.15, 0.2) is 0 Å². The summed E-state index contributed by atoms with van der Waals surface area (Å²) in [5.41, 5.74) is 6.09. The molecule has 0 aromatic heterocycles. The molecule has 1 aromatic rings. The molecule has 1 fully saturated rings. The molecule has 25 heavy (non-hydrogen) atoms. The lowest BCUT2D eigenvalue weighted by Gasteiger charge is -2.31. The molecule has 8 nitrogen and oxygen atoms in total. The number of carbonyl (C=O) groups excluding carboxylic acids is 4. The van der Waals surface area contributed by atoms with Gasteiger partial charge in [0.2, 0.25) is 17.7 Å². The average molecular weight is 344 g/mol. The summed E-state index contributed by atoms with van der Waals surface area (Å²) in [5, 5.41) is 5.29. The van der Waals surface area contributed by atoms with Crippen LogP contribution in [0, 0.1) is 5.92 Å². The van der Waals surface area contributed by atoms with Gasteiger partial charge in [-0.15, -0.1) is 0 Å². The van der Waals surface area contributed by atoms with Crippen molar-refractivity contribution in [1.29, 1.82) is 0 Å². The number of hydrogen-bond acceptors (Lipinski definition) is 4. The Morgan fingerprint density at radius 2 is 1.84 bits per heavy atom. The Kier molecular flexibility index (Phi) is 4.69. The molecule has 132 valence electrons. The molecule has 0 spiro atoms. The van der Waals surface area contributed by atoms with E-state index in [9.17, 15) is 19.2 Å². The molecule has 0 unspecified atom stereocenters. The Labute approximate surface area is 144 Å². The van der Waals surface area contributed by atoms with Crippen LogP contribution in [0.4, 0.5) is 5.69 Å². The number of nitrogens with two attached hydrogens (primary N) is 1. The maximum absolute atomic E-state index is 12.5. The molecular weight excluding hydrogens is 324 g/mol. The van der Waals surface area contributed by atoms with E-state index in [0.29, 0.717) is 37.2 Å². The topological polar surface area (TPSA) is 122 Å². The summed E-state index contributed by atoms with van der Waals surface area (Å²) in [6.45, 7) is 0.851. The number of benzene rings is 1. The molecule has 1 aromatic carbocycles. The van der Waals surface area contributed by atoms with E-state index in [1.54, 1.807) is 29.2 Å². The fourth-order valence-electron chi connectivity index (χ4n) is 3.17. The van der Waals surface area contributed by atoms with Gasteiger partial charge in [0.1, 0.15) is 6.04 Å². The summed E-state index contributed by atoms with van der Waals surface area (Å²) in [6, 6.07) is 5.76. The van der Waals surface area contributed by atoms with E-state index in [1.807, 2.05) is 0 Å². The molecule has 0 bridgehead atoms. The highest BCUT2D eigenvalue weighted by Gasteiger charge is 2.32. The number of para-hydroxylation sites is 1. The molecule has 2 aliphatic heterocycles. The number of hydrogen-bond donors (Lipinski definition) is 3. The van der Waals surface area contributed by atoms with Crippen LogP contribution in [0.1, 0.15) is 29.6 Å². The zero-order valence-electron chi connectivity index (χ0n) is 13.7. The van der Waals surface area contributed by atoms with Gasteiger partial charge in [-0.05, 0) is 25.0 Å². The first-order chi connectivity index (χ1) is 12.0. The SMILES string of the molecule is NC(=O)C1CCN(C(=O)C[C@@H]2NC(=O)c3ccccc3NC2=O)CC1. The second kappa shape index (κ2) is 6.92. The normalized spacial score (nSPS) is 21.0. The maximum Gasteiger partial charge on any atom is 0.254 e. The summed E-state index contributed by atoms with van der Waals surface area (Å²) in [7, 11) is 0. The first kappa shape index (κ1) is 16.9. The number of anilines is 1. The van der Waals surface area contributed by atoms with Crippen molar-refractivity contribution in [2.75, 3.05) is 18.4 Å². The first-order valence-corrected chi connectivity index (χ1v) is 8.23. The summed E-state index contributed by atoms with van der Waals surface area (Å²) in [4.78, 5) is 49.8. The molecule has 1 saturated heterocycles. The third-order valence-electron chi connectivity index (χ3n) is 4.68. The van der Waals surface area contributed by atoms with Crippen LogP contribution in [-0.2, 0) is 14.4 Å². The fraction of sp³-hybridized carbons (Fsp3) is 0.412. The van der Waals surface area contributed by atoms with Gasteiger partial charge in [-0.3, -0.25) is 19.2 Å². The van der Waals surface area contributed by atoms with E-state index in [2.05, 4.69) is 10.6 Å². The van der Waals surface area contributed by atoms with Crippen molar-refractivity contribution in [3.05, 3.63) is 29.8 Å². The zero-order chi connectivity index (χ0) is 18.0. The molecule has 2 aliphatic rings. The number of nitrogens with one attached hydrogen (secondary N) is 2. The third-order valence-corrected chi connectivity index (χ3v) is 4.68. The molecule has 0 radical (unpaired) electrons. The number of likely N-dealkylation sites (tertiary alicyclic amines) is 1. The van der Waals surface area contributed by atoms with Gasteiger partial charge in [0.25, 0.3) is 5.91 Å². The Balaban J connectivity index is 1.63. The number of nitrogens with zero attached hydrogens (tertiary/aromatic N) is 1. The lowest BCUT2D eigenvalue weighted by molar-refractivity contribution is -0.136. The number of fused-ring (bicyclic) bond motifs is 1. The highest BCUT2D eigenvalue weighted by Crippen LogP contribution is 2.21. The molecule has 8 heteroatoms. The fourth-order valence-corrected chi connectivity index (χ4v) is 3.17. The summed E-state index contributed by atoms with van der Waals surface area (Å²) in [5.74, 6) is -1.59. The van der Waals surface area contributed by atoms with Crippen molar-refractivity contribution in [3.8, 4) is 0 Å². The van der Waals surface area contributed by atoms with Crippen LogP contribution in [-0.4, -0.2) is 47.7 Å². The predicted octanol–water partition coefficient (Wildman–Crippen LogP) is -0.149. The van der Waals surface area contributed by atoms with Gasteiger partial charge in [-0.2, -0.15) is 0 Å². The standard InChI is InChI=1S/C17H20N4O4/c18-15(23)10-5-7-21(8-6-10)14(22)9-13-17(25)19-12-4-2-1-3-11(12)16(24)20-13/h1-4,10,13H,5-9H2,(H2,18,23)(H,19,25)(H,20,24)/t13-/m0/s1. The van der Waals surface area contributed by atoms with Gasteiger partial charge < -0.3 is 21.3 Å².